The lowest BCUT2D eigenvalue weighted by atomic mass is 9.99. The van der Waals surface area contributed by atoms with Crippen molar-refractivity contribution in [3.05, 3.63) is 102 Å². The average molecular weight is 369 g/mol. The Balaban J connectivity index is 1.33. The van der Waals surface area contributed by atoms with E-state index < -0.39 is 0 Å². The molecule has 2 aliphatic rings. The maximum atomic E-state index is 2.68. The zero-order chi connectivity index (χ0) is 18.8. The van der Waals surface area contributed by atoms with Crippen molar-refractivity contribution in [3.8, 4) is 0 Å². The molecular formula is C26H28N2. The van der Waals surface area contributed by atoms with Crippen molar-refractivity contribution in [1.29, 1.82) is 0 Å². The van der Waals surface area contributed by atoms with Crippen LogP contribution in [0.25, 0.3) is 0 Å². The monoisotopic (exact) mass is 368 g/mol. The number of hydrogen-bond donors (Lipinski definition) is 0. The molecule has 28 heavy (non-hydrogen) atoms. The van der Waals surface area contributed by atoms with Gasteiger partial charge in [0.15, 0.2) is 0 Å². The van der Waals surface area contributed by atoms with Crippen molar-refractivity contribution in [2.45, 2.75) is 37.9 Å². The van der Waals surface area contributed by atoms with E-state index >= 15 is 0 Å². The Bertz CT molecular complexity index is 881. The SMILES string of the molecule is c1ccc(CN2CCC2CN(c2ccccc2)C2Cc3ccccc3C2)cc1. The van der Waals surface area contributed by atoms with Crippen molar-refractivity contribution in [3.63, 3.8) is 0 Å². The lowest BCUT2D eigenvalue weighted by molar-refractivity contribution is 0.0851. The topological polar surface area (TPSA) is 6.48 Å². The van der Waals surface area contributed by atoms with E-state index in [0.29, 0.717) is 12.1 Å². The van der Waals surface area contributed by atoms with Crippen molar-refractivity contribution >= 4 is 5.69 Å². The van der Waals surface area contributed by atoms with Crippen LogP contribution in [-0.2, 0) is 19.4 Å². The summed E-state index contributed by atoms with van der Waals surface area (Å²) < 4.78 is 0. The summed E-state index contributed by atoms with van der Waals surface area (Å²) in [6, 6.07) is 32.1. The first-order valence-electron chi connectivity index (χ1n) is 10.5. The summed E-state index contributed by atoms with van der Waals surface area (Å²) in [6.07, 6.45) is 3.63. The van der Waals surface area contributed by atoms with Gasteiger partial charge < -0.3 is 4.90 Å². The molecule has 0 amide bonds. The van der Waals surface area contributed by atoms with Gasteiger partial charge in [-0.05, 0) is 48.1 Å². The zero-order valence-electron chi connectivity index (χ0n) is 16.4. The highest BCUT2D eigenvalue weighted by Crippen LogP contribution is 2.31. The van der Waals surface area contributed by atoms with Crippen molar-refractivity contribution < 1.29 is 0 Å². The van der Waals surface area contributed by atoms with Gasteiger partial charge in [0.1, 0.15) is 0 Å². The maximum absolute atomic E-state index is 2.68. The van der Waals surface area contributed by atoms with E-state index in [-0.39, 0.29) is 0 Å². The maximum Gasteiger partial charge on any atom is 0.0371 e. The molecule has 142 valence electrons. The van der Waals surface area contributed by atoms with Gasteiger partial charge in [0.25, 0.3) is 0 Å². The Labute approximate surface area is 168 Å². The average Bonchev–Trinajstić information content (AvgIpc) is 3.17. The number of nitrogens with zero attached hydrogens (tertiary/aromatic N) is 2. The molecule has 1 atom stereocenters. The van der Waals surface area contributed by atoms with E-state index in [9.17, 15) is 0 Å². The minimum absolute atomic E-state index is 0.568. The molecule has 0 spiro atoms. The van der Waals surface area contributed by atoms with Crippen LogP contribution in [0.15, 0.2) is 84.9 Å². The van der Waals surface area contributed by atoms with Crippen LogP contribution < -0.4 is 4.90 Å². The summed E-state index contributed by atoms with van der Waals surface area (Å²) in [5.41, 5.74) is 5.85. The number of rotatable bonds is 6. The molecule has 0 radical (unpaired) electrons. The molecule has 3 aromatic carbocycles. The summed E-state index contributed by atoms with van der Waals surface area (Å²) in [6.45, 7) is 3.40. The van der Waals surface area contributed by atoms with Gasteiger partial charge in [0, 0.05) is 37.4 Å². The van der Waals surface area contributed by atoms with Crippen LogP contribution in [0.2, 0.25) is 0 Å². The number of para-hydroxylation sites is 1. The molecule has 1 heterocycles. The van der Waals surface area contributed by atoms with E-state index in [4.69, 9.17) is 0 Å². The van der Waals surface area contributed by atoms with Crippen LogP contribution in [0.4, 0.5) is 5.69 Å². The van der Waals surface area contributed by atoms with Gasteiger partial charge in [-0.3, -0.25) is 4.90 Å². The Kier molecular flexibility index (Phi) is 4.88. The van der Waals surface area contributed by atoms with E-state index in [0.717, 1.165) is 25.9 Å². The van der Waals surface area contributed by atoms with Gasteiger partial charge in [-0.15, -0.1) is 0 Å². The number of benzene rings is 3. The Morgan fingerprint density at radius 3 is 1.96 bits per heavy atom. The van der Waals surface area contributed by atoms with Crippen LogP contribution in [0, 0.1) is 0 Å². The van der Waals surface area contributed by atoms with E-state index in [1.54, 1.807) is 0 Å². The van der Waals surface area contributed by atoms with Crippen molar-refractivity contribution in [2.24, 2.45) is 0 Å². The quantitative estimate of drug-likeness (QED) is 0.608. The van der Waals surface area contributed by atoms with Crippen LogP contribution in [0.5, 0.6) is 0 Å². The Morgan fingerprint density at radius 1 is 0.750 bits per heavy atom. The highest BCUT2D eigenvalue weighted by atomic mass is 15.3. The number of anilines is 1. The fraction of sp³-hybridized carbons (Fsp3) is 0.308. The van der Waals surface area contributed by atoms with Crippen molar-refractivity contribution in [1.82, 2.24) is 4.90 Å². The van der Waals surface area contributed by atoms with Gasteiger partial charge in [-0.1, -0.05) is 72.8 Å². The summed E-state index contributed by atoms with van der Waals surface area (Å²) in [5, 5.41) is 0. The summed E-state index contributed by atoms with van der Waals surface area (Å²) in [5.74, 6) is 0. The van der Waals surface area contributed by atoms with Crippen LogP contribution in [0.3, 0.4) is 0 Å². The summed E-state index contributed by atoms with van der Waals surface area (Å²) in [4.78, 5) is 5.33. The fourth-order valence-electron chi connectivity index (χ4n) is 4.79. The molecule has 1 saturated heterocycles. The lowest BCUT2D eigenvalue weighted by Gasteiger charge is -2.45. The van der Waals surface area contributed by atoms with Crippen LogP contribution in [0.1, 0.15) is 23.1 Å². The van der Waals surface area contributed by atoms with E-state index in [1.165, 1.54) is 35.3 Å². The van der Waals surface area contributed by atoms with Gasteiger partial charge in [0.05, 0.1) is 0 Å². The highest BCUT2D eigenvalue weighted by molar-refractivity contribution is 5.50. The van der Waals surface area contributed by atoms with Gasteiger partial charge in [0.2, 0.25) is 0 Å². The molecule has 1 aliphatic heterocycles. The molecule has 0 saturated carbocycles. The van der Waals surface area contributed by atoms with Gasteiger partial charge in [-0.25, -0.2) is 0 Å². The normalized spacial score (nSPS) is 19.2. The molecule has 0 N–H and O–H groups in total. The van der Waals surface area contributed by atoms with E-state index in [1.807, 2.05) is 0 Å². The smallest absolute Gasteiger partial charge is 0.0371 e. The van der Waals surface area contributed by atoms with Crippen molar-refractivity contribution in [2.75, 3.05) is 18.0 Å². The Morgan fingerprint density at radius 2 is 1.36 bits per heavy atom. The summed E-state index contributed by atoms with van der Waals surface area (Å²) >= 11 is 0. The molecule has 3 aromatic rings. The third-order valence-corrected chi connectivity index (χ3v) is 6.46. The molecule has 2 heteroatoms. The number of fused-ring (bicyclic) bond motifs is 1. The zero-order valence-corrected chi connectivity index (χ0v) is 16.4. The number of likely N-dealkylation sites (tertiary alicyclic amines) is 1. The molecule has 1 unspecified atom stereocenters. The predicted octanol–water partition coefficient (Wildman–Crippen LogP) is 4.93. The second kappa shape index (κ2) is 7.81. The third-order valence-electron chi connectivity index (χ3n) is 6.46. The first kappa shape index (κ1) is 17.5. The predicted molar refractivity (Wildman–Crippen MR) is 117 cm³/mol. The minimum Gasteiger partial charge on any atom is -0.366 e. The molecule has 2 nitrogen and oxygen atoms in total. The third kappa shape index (κ3) is 3.57. The largest absolute Gasteiger partial charge is 0.366 e. The highest BCUT2D eigenvalue weighted by Gasteiger charge is 2.33. The molecule has 0 bridgehead atoms. The van der Waals surface area contributed by atoms with Gasteiger partial charge >= 0.3 is 0 Å². The standard InChI is InChI=1S/C26H28N2/c1-3-9-21(10-4-1)19-27-16-15-25(27)20-28(24-13-5-2-6-14-24)26-17-22-11-7-8-12-23(22)18-26/h1-14,25-26H,15-20H2. The first-order valence-corrected chi connectivity index (χ1v) is 10.5. The molecule has 0 aromatic heterocycles. The summed E-state index contributed by atoms with van der Waals surface area (Å²) in [7, 11) is 0. The lowest BCUT2D eigenvalue weighted by Crippen LogP contribution is -2.55. The fourth-order valence-corrected chi connectivity index (χ4v) is 4.79. The van der Waals surface area contributed by atoms with Gasteiger partial charge in [-0.2, -0.15) is 0 Å². The van der Waals surface area contributed by atoms with Crippen LogP contribution >= 0.6 is 0 Å². The molecular weight excluding hydrogens is 340 g/mol. The molecule has 1 aliphatic carbocycles. The molecule has 1 fully saturated rings. The van der Waals surface area contributed by atoms with Crippen LogP contribution in [-0.4, -0.2) is 30.1 Å². The first-order chi connectivity index (χ1) is 13.9. The van der Waals surface area contributed by atoms with E-state index in [2.05, 4.69) is 94.7 Å². The second-order valence-corrected chi connectivity index (χ2v) is 8.22. The molecule has 5 rings (SSSR count). The Hall–Kier alpha value is -2.58. The number of hydrogen-bond acceptors (Lipinski definition) is 2. The minimum atomic E-state index is 0.568. The second-order valence-electron chi connectivity index (χ2n) is 8.22.